The van der Waals surface area contributed by atoms with E-state index in [1.165, 1.54) is 18.2 Å². The largest absolute Gasteiger partial charge is 0.324 e. The van der Waals surface area contributed by atoms with Gasteiger partial charge in [0, 0.05) is 6.54 Å². The molecule has 0 aliphatic heterocycles. The lowest BCUT2D eigenvalue weighted by Crippen LogP contribution is -2.32. The first kappa shape index (κ1) is 16.5. The van der Waals surface area contributed by atoms with Crippen LogP contribution in [0.15, 0.2) is 48.5 Å². The second kappa shape index (κ2) is 7.92. The van der Waals surface area contributed by atoms with Crippen molar-refractivity contribution in [2.24, 2.45) is 0 Å². The zero-order valence-corrected chi connectivity index (χ0v) is 13.1. The predicted molar refractivity (Wildman–Crippen MR) is 87.4 cm³/mol. The van der Waals surface area contributed by atoms with Crippen molar-refractivity contribution in [2.75, 3.05) is 18.4 Å². The van der Waals surface area contributed by atoms with Gasteiger partial charge in [-0.3, -0.25) is 9.69 Å². The van der Waals surface area contributed by atoms with Crippen molar-refractivity contribution in [1.29, 1.82) is 0 Å². The topological polar surface area (TPSA) is 32.3 Å². The molecular formula is C17H18ClFN2O. The van der Waals surface area contributed by atoms with Crippen molar-refractivity contribution >= 4 is 23.2 Å². The SMILES string of the molecule is CCN(CC(=O)Nc1ccc(F)cc1Cl)Cc1ccccc1. The third kappa shape index (κ3) is 4.83. The second-order valence-corrected chi connectivity index (χ2v) is 5.37. The molecule has 1 N–H and O–H groups in total. The number of halogens is 2. The van der Waals surface area contributed by atoms with Crippen LogP contribution in [-0.4, -0.2) is 23.9 Å². The molecule has 2 rings (SSSR count). The fraction of sp³-hybridized carbons (Fsp3) is 0.235. The molecule has 0 heterocycles. The molecule has 0 saturated carbocycles. The monoisotopic (exact) mass is 320 g/mol. The van der Waals surface area contributed by atoms with E-state index in [1.54, 1.807) is 0 Å². The van der Waals surface area contributed by atoms with Crippen LogP contribution in [0.25, 0.3) is 0 Å². The Hall–Kier alpha value is -1.91. The highest BCUT2D eigenvalue weighted by atomic mass is 35.5. The van der Waals surface area contributed by atoms with Gasteiger partial charge in [0.25, 0.3) is 0 Å². The summed E-state index contributed by atoms with van der Waals surface area (Å²) in [6.07, 6.45) is 0. The number of anilines is 1. The number of carbonyl (C=O) groups excluding carboxylic acids is 1. The van der Waals surface area contributed by atoms with Crippen molar-refractivity contribution in [2.45, 2.75) is 13.5 Å². The lowest BCUT2D eigenvalue weighted by molar-refractivity contribution is -0.117. The van der Waals surface area contributed by atoms with Crippen molar-refractivity contribution in [3.63, 3.8) is 0 Å². The fourth-order valence-corrected chi connectivity index (χ4v) is 2.32. The van der Waals surface area contributed by atoms with Crippen LogP contribution in [0.1, 0.15) is 12.5 Å². The molecule has 2 aromatic rings. The first-order valence-electron chi connectivity index (χ1n) is 7.09. The Morgan fingerprint density at radius 3 is 2.59 bits per heavy atom. The summed E-state index contributed by atoms with van der Waals surface area (Å²) in [6.45, 7) is 3.70. The maximum absolute atomic E-state index is 13.0. The van der Waals surface area contributed by atoms with Gasteiger partial charge >= 0.3 is 0 Å². The van der Waals surface area contributed by atoms with E-state index in [9.17, 15) is 9.18 Å². The Morgan fingerprint density at radius 2 is 1.95 bits per heavy atom. The quantitative estimate of drug-likeness (QED) is 0.874. The molecule has 1 amide bonds. The molecule has 0 radical (unpaired) electrons. The number of amides is 1. The van der Waals surface area contributed by atoms with Crippen molar-refractivity contribution in [1.82, 2.24) is 4.90 Å². The molecule has 0 fully saturated rings. The number of carbonyl (C=O) groups is 1. The molecule has 0 atom stereocenters. The highest BCUT2D eigenvalue weighted by Crippen LogP contribution is 2.22. The highest BCUT2D eigenvalue weighted by Gasteiger charge is 2.11. The van der Waals surface area contributed by atoms with Gasteiger partial charge in [0.2, 0.25) is 5.91 Å². The van der Waals surface area contributed by atoms with Crippen molar-refractivity contribution in [3.05, 3.63) is 64.9 Å². The minimum Gasteiger partial charge on any atom is -0.324 e. The van der Waals surface area contributed by atoms with Crippen LogP contribution in [0.2, 0.25) is 5.02 Å². The first-order valence-corrected chi connectivity index (χ1v) is 7.47. The average molecular weight is 321 g/mol. The van der Waals surface area contributed by atoms with Gasteiger partial charge in [-0.25, -0.2) is 4.39 Å². The standard InChI is InChI=1S/C17H18ClFN2O/c1-2-21(11-13-6-4-3-5-7-13)12-17(22)20-16-9-8-14(19)10-15(16)18/h3-10H,2,11-12H2,1H3,(H,20,22). The number of likely N-dealkylation sites (N-methyl/N-ethyl adjacent to an activating group) is 1. The lowest BCUT2D eigenvalue weighted by atomic mass is 10.2. The summed E-state index contributed by atoms with van der Waals surface area (Å²) >= 11 is 5.91. The minimum atomic E-state index is -0.428. The van der Waals surface area contributed by atoms with E-state index in [0.717, 1.165) is 12.1 Å². The smallest absolute Gasteiger partial charge is 0.238 e. The van der Waals surface area contributed by atoms with Gasteiger partial charge < -0.3 is 5.32 Å². The summed E-state index contributed by atoms with van der Waals surface area (Å²) in [5, 5.41) is 2.90. The Labute approximate surface area is 134 Å². The fourth-order valence-electron chi connectivity index (χ4n) is 2.10. The van der Waals surface area contributed by atoms with E-state index in [1.807, 2.05) is 42.2 Å². The summed E-state index contributed by atoms with van der Waals surface area (Å²) in [6, 6.07) is 13.9. The van der Waals surface area contributed by atoms with E-state index in [0.29, 0.717) is 12.2 Å². The van der Waals surface area contributed by atoms with Crippen LogP contribution in [-0.2, 0) is 11.3 Å². The van der Waals surface area contributed by atoms with Crippen molar-refractivity contribution in [3.8, 4) is 0 Å². The molecule has 0 aliphatic rings. The molecular weight excluding hydrogens is 303 g/mol. The van der Waals surface area contributed by atoms with E-state index >= 15 is 0 Å². The minimum absolute atomic E-state index is 0.175. The normalized spacial score (nSPS) is 10.7. The second-order valence-electron chi connectivity index (χ2n) is 4.96. The van der Waals surface area contributed by atoms with Crippen LogP contribution in [0.4, 0.5) is 10.1 Å². The molecule has 116 valence electrons. The predicted octanol–water partition coefficient (Wildman–Crippen LogP) is 3.94. The third-order valence-electron chi connectivity index (χ3n) is 3.27. The summed E-state index contributed by atoms with van der Waals surface area (Å²) in [4.78, 5) is 14.1. The van der Waals surface area contributed by atoms with E-state index in [-0.39, 0.29) is 17.5 Å². The third-order valence-corrected chi connectivity index (χ3v) is 3.58. The Kier molecular flexibility index (Phi) is 5.92. The molecule has 5 heteroatoms. The summed E-state index contributed by atoms with van der Waals surface area (Å²) in [5.41, 5.74) is 1.57. The average Bonchev–Trinajstić information content (AvgIpc) is 2.50. The van der Waals surface area contributed by atoms with Crippen LogP contribution in [0.5, 0.6) is 0 Å². The van der Waals surface area contributed by atoms with E-state index in [2.05, 4.69) is 5.32 Å². The Morgan fingerprint density at radius 1 is 1.23 bits per heavy atom. The number of nitrogens with zero attached hydrogens (tertiary/aromatic N) is 1. The number of hydrogen-bond donors (Lipinski definition) is 1. The van der Waals surface area contributed by atoms with Gasteiger partial charge in [-0.1, -0.05) is 48.9 Å². The zero-order valence-electron chi connectivity index (χ0n) is 12.4. The molecule has 0 saturated heterocycles. The van der Waals surface area contributed by atoms with Crippen LogP contribution in [0, 0.1) is 5.82 Å². The molecule has 0 spiro atoms. The van der Waals surface area contributed by atoms with Gasteiger partial charge in [0.1, 0.15) is 5.82 Å². The van der Waals surface area contributed by atoms with Gasteiger partial charge in [0.15, 0.2) is 0 Å². The van der Waals surface area contributed by atoms with Gasteiger partial charge in [-0.15, -0.1) is 0 Å². The molecule has 2 aromatic carbocycles. The maximum atomic E-state index is 13.0. The molecule has 0 aromatic heterocycles. The van der Waals surface area contributed by atoms with E-state index in [4.69, 9.17) is 11.6 Å². The molecule has 0 aliphatic carbocycles. The first-order chi connectivity index (χ1) is 10.6. The van der Waals surface area contributed by atoms with Gasteiger partial charge in [-0.05, 0) is 30.3 Å². The molecule has 22 heavy (non-hydrogen) atoms. The summed E-state index contributed by atoms with van der Waals surface area (Å²) in [7, 11) is 0. The number of nitrogens with one attached hydrogen (secondary N) is 1. The molecule has 3 nitrogen and oxygen atoms in total. The highest BCUT2D eigenvalue weighted by molar-refractivity contribution is 6.33. The Bertz CT molecular complexity index is 634. The number of hydrogen-bond acceptors (Lipinski definition) is 2. The summed E-state index contributed by atoms with van der Waals surface area (Å²) in [5.74, 6) is -0.603. The van der Waals surface area contributed by atoms with Gasteiger partial charge in [-0.2, -0.15) is 0 Å². The maximum Gasteiger partial charge on any atom is 0.238 e. The van der Waals surface area contributed by atoms with Crippen molar-refractivity contribution < 1.29 is 9.18 Å². The molecule has 0 bridgehead atoms. The lowest BCUT2D eigenvalue weighted by Gasteiger charge is -2.20. The Balaban J connectivity index is 1.94. The van der Waals surface area contributed by atoms with Crippen LogP contribution < -0.4 is 5.32 Å². The van der Waals surface area contributed by atoms with Crippen LogP contribution in [0.3, 0.4) is 0 Å². The van der Waals surface area contributed by atoms with Gasteiger partial charge in [0.05, 0.1) is 17.3 Å². The number of rotatable bonds is 6. The summed E-state index contributed by atoms with van der Waals surface area (Å²) < 4.78 is 13.0. The molecule has 0 unspecified atom stereocenters. The number of benzene rings is 2. The zero-order chi connectivity index (χ0) is 15.9. The van der Waals surface area contributed by atoms with E-state index < -0.39 is 5.82 Å². The van der Waals surface area contributed by atoms with Crippen LogP contribution >= 0.6 is 11.6 Å².